The molecule has 0 amide bonds. The highest BCUT2D eigenvalue weighted by atomic mass is 15.0. The zero-order valence-corrected chi connectivity index (χ0v) is 19.0. The van der Waals surface area contributed by atoms with Crippen LogP contribution in [0.3, 0.4) is 0 Å². The van der Waals surface area contributed by atoms with E-state index in [9.17, 15) is 0 Å². The second-order valence-corrected chi connectivity index (χ2v) is 8.51. The second kappa shape index (κ2) is 23.5. The van der Waals surface area contributed by atoms with Crippen molar-refractivity contribution in [1.82, 2.24) is 5.32 Å². The molecule has 162 valence electrons. The molecule has 0 saturated carbocycles. The molecular weight excluding hydrogens is 328 g/mol. The fourth-order valence-electron chi connectivity index (χ4n) is 3.64. The fraction of sp³-hybridized carbons (Fsp3) is 0.920. The molecular formula is C25H52N2. The van der Waals surface area contributed by atoms with Crippen LogP contribution >= 0.6 is 0 Å². The van der Waals surface area contributed by atoms with Crippen molar-refractivity contribution in [1.29, 1.82) is 0 Å². The molecule has 0 fully saturated rings. The van der Waals surface area contributed by atoms with Crippen LogP contribution in [0.5, 0.6) is 0 Å². The summed E-state index contributed by atoms with van der Waals surface area (Å²) in [6.07, 6.45) is 32.9. The van der Waals surface area contributed by atoms with Gasteiger partial charge in [0.1, 0.15) is 0 Å². The number of nitrogens with two attached hydrogens (primary N) is 1. The van der Waals surface area contributed by atoms with Crippen LogP contribution in [0.4, 0.5) is 0 Å². The molecule has 27 heavy (non-hydrogen) atoms. The Bertz CT molecular complexity index is 286. The van der Waals surface area contributed by atoms with Gasteiger partial charge in [-0.05, 0) is 26.0 Å². The molecule has 3 N–H and O–H groups in total. The van der Waals surface area contributed by atoms with E-state index in [-0.39, 0.29) is 6.17 Å². The van der Waals surface area contributed by atoms with Crippen molar-refractivity contribution in [3.63, 3.8) is 0 Å². The molecule has 0 rings (SSSR count). The Labute approximate surface area is 172 Å². The Hall–Kier alpha value is -0.500. The summed E-state index contributed by atoms with van der Waals surface area (Å²) in [5.74, 6) is 0. The van der Waals surface area contributed by atoms with Gasteiger partial charge in [0.05, 0.1) is 6.17 Å². The highest BCUT2D eigenvalue weighted by Gasteiger charge is 1.95. The Morgan fingerprint density at radius 2 is 0.926 bits per heavy atom. The van der Waals surface area contributed by atoms with Gasteiger partial charge in [0, 0.05) is 0 Å². The summed E-state index contributed by atoms with van der Waals surface area (Å²) in [5, 5.41) is 3.10. The standard InChI is InChI=1S/C25H52N2/c1-3-4-5-6-7-8-9-10-11-12-13-14-15-16-17-18-19-20-21-22-23-24-27-25(2)26/h23-25,27H,3-22,26H2,1-2H3. The molecule has 0 aromatic rings. The lowest BCUT2D eigenvalue weighted by atomic mass is 10.0. The molecule has 0 aliphatic heterocycles. The van der Waals surface area contributed by atoms with Crippen LogP contribution in [0.2, 0.25) is 0 Å². The topological polar surface area (TPSA) is 38.0 Å². The van der Waals surface area contributed by atoms with Crippen LogP contribution in [-0.2, 0) is 0 Å². The predicted octanol–water partition coefficient (Wildman–Crippen LogP) is 8.22. The van der Waals surface area contributed by atoms with E-state index >= 15 is 0 Å². The maximum atomic E-state index is 5.62. The Balaban J connectivity index is 3.02. The Kier molecular flexibility index (Phi) is 23.1. The first-order valence-electron chi connectivity index (χ1n) is 12.4. The van der Waals surface area contributed by atoms with Crippen LogP contribution in [0, 0.1) is 0 Å². The smallest absolute Gasteiger partial charge is 0.0709 e. The average Bonchev–Trinajstić information content (AvgIpc) is 2.65. The SMILES string of the molecule is CCCCCCCCCCCCCCCCCCCCCC=CNC(C)N. The third-order valence-corrected chi connectivity index (χ3v) is 5.45. The van der Waals surface area contributed by atoms with E-state index in [2.05, 4.69) is 18.3 Å². The van der Waals surface area contributed by atoms with Crippen molar-refractivity contribution < 1.29 is 0 Å². The number of hydrogen-bond acceptors (Lipinski definition) is 2. The van der Waals surface area contributed by atoms with Gasteiger partial charge >= 0.3 is 0 Å². The van der Waals surface area contributed by atoms with Crippen molar-refractivity contribution in [2.24, 2.45) is 5.73 Å². The predicted molar refractivity (Wildman–Crippen MR) is 124 cm³/mol. The first-order valence-corrected chi connectivity index (χ1v) is 12.4. The van der Waals surface area contributed by atoms with E-state index < -0.39 is 0 Å². The molecule has 0 saturated heterocycles. The monoisotopic (exact) mass is 380 g/mol. The molecule has 0 aliphatic rings. The van der Waals surface area contributed by atoms with Gasteiger partial charge in [-0.25, -0.2) is 0 Å². The molecule has 0 aromatic heterocycles. The Morgan fingerprint density at radius 3 is 1.26 bits per heavy atom. The van der Waals surface area contributed by atoms with Crippen molar-refractivity contribution in [3.05, 3.63) is 12.3 Å². The third kappa shape index (κ3) is 25.5. The largest absolute Gasteiger partial charge is 0.376 e. The summed E-state index contributed by atoms with van der Waals surface area (Å²) >= 11 is 0. The molecule has 0 spiro atoms. The van der Waals surface area contributed by atoms with E-state index in [1.807, 2.05) is 13.1 Å². The molecule has 2 heteroatoms. The van der Waals surface area contributed by atoms with E-state index in [4.69, 9.17) is 5.73 Å². The van der Waals surface area contributed by atoms with E-state index in [0.29, 0.717) is 0 Å². The fourth-order valence-corrected chi connectivity index (χ4v) is 3.64. The lowest BCUT2D eigenvalue weighted by molar-refractivity contribution is 0.523. The lowest BCUT2D eigenvalue weighted by Gasteiger charge is -2.04. The summed E-state index contributed by atoms with van der Waals surface area (Å²) < 4.78 is 0. The molecule has 1 unspecified atom stereocenters. The molecule has 0 bridgehead atoms. The molecule has 2 nitrogen and oxygen atoms in total. The summed E-state index contributed by atoms with van der Waals surface area (Å²) in [6, 6.07) is 0. The number of allylic oxidation sites excluding steroid dienone is 1. The van der Waals surface area contributed by atoms with E-state index in [1.165, 1.54) is 128 Å². The molecule has 0 aliphatic carbocycles. The zero-order valence-electron chi connectivity index (χ0n) is 19.0. The average molecular weight is 381 g/mol. The molecule has 1 atom stereocenters. The number of rotatable bonds is 22. The number of hydrogen-bond donors (Lipinski definition) is 2. The van der Waals surface area contributed by atoms with Gasteiger partial charge in [0.15, 0.2) is 0 Å². The van der Waals surface area contributed by atoms with Crippen molar-refractivity contribution in [2.75, 3.05) is 0 Å². The minimum absolute atomic E-state index is 0.0614. The normalized spacial score (nSPS) is 12.7. The Morgan fingerprint density at radius 1 is 0.593 bits per heavy atom. The molecule has 0 aromatic carbocycles. The van der Waals surface area contributed by atoms with Crippen molar-refractivity contribution >= 4 is 0 Å². The van der Waals surface area contributed by atoms with E-state index in [0.717, 1.165) is 0 Å². The van der Waals surface area contributed by atoms with Gasteiger partial charge in [-0.2, -0.15) is 0 Å². The first-order chi connectivity index (χ1) is 13.3. The zero-order chi connectivity index (χ0) is 19.8. The summed E-state index contributed by atoms with van der Waals surface area (Å²) in [4.78, 5) is 0. The first kappa shape index (κ1) is 26.5. The highest BCUT2D eigenvalue weighted by Crippen LogP contribution is 2.14. The summed E-state index contributed by atoms with van der Waals surface area (Å²) in [7, 11) is 0. The van der Waals surface area contributed by atoms with Crippen molar-refractivity contribution in [2.45, 2.75) is 148 Å². The lowest BCUT2D eigenvalue weighted by Crippen LogP contribution is -2.29. The van der Waals surface area contributed by atoms with Crippen LogP contribution in [0.15, 0.2) is 12.3 Å². The van der Waals surface area contributed by atoms with Gasteiger partial charge in [-0.3, -0.25) is 0 Å². The van der Waals surface area contributed by atoms with Gasteiger partial charge in [-0.15, -0.1) is 0 Å². The van der Waals surface area contributed by atoms with E-state index in [1.54, 1.807) is 0 Å². The minimum Gasteiger partial charge on any atom is -0.376 e. The van der Waals surface area contributed by atoms with Gasteiger partial charge < -0.3 is 11.1 Å². The van der Waals surface area contributed by atoms with Gasteiger partial charge in [0.25, 0.3) is 0 Å². The van der Waals surface area contributed by atoms with Crippen LogP contribution < -0.4 is 11.1 Å². The van der Waals surface area contributed by atoms with Crippen LogP contribution in [0.25, 0.3) is 0 Å². The summed E-state index contributed by atoms with van der Waals surface area (Å²) in [6.45, 7) is 4.26. The maximum absolute atomic E-state index is 5.62. The quantitative estimate of drug-likeness (QED) is 0.147. The number of nitrogens with one attached hydrogen (secondary N) is 1. The molecule has 0 heterocycles. The maximum Gasteiger partial charge on any atom is 0.0709 e. The summed E-state index contributed by atoms with van der Waals surface area (Å²) in [5.41, 5.74) is 5.62. The minimum atomic E-state index is 0.0614. The van der Waals surface area contributed by atoms with Crippen molar-refractivity contribution in [3.8, 4) is 0 Å². The van der Waals surface area contributed by atoms with Crippen LogP contribution in [0.1, 0.15) is 142 Å². The number of unbranched alkanes of at least 4 members (excludes halogenated alkanes) is 19. The second-order valence-electron chi connectivity index (χ2n) is 8.51. The van der Waals surface area contributed by atoms with Gasteiger partial charge in [0.2, 0.25) is 0 Å². The van der Waals surface area contributed by atoms with Gasteiger partial charge in [-0.1, -0.05) is 129 Å². The highest BCUT2D eigenvalue weighted by molar-refractivity contribution is 4.80. The third-order valence-electron chi connectivity index (χ3n) is 5.45. The van der Waals surface area contributed by atoms with Crippen LogP contribution in [-0.4, -0.2) is 6.17 Å². The molecule has 0 radical (unpaired) electrons.